The van der Waals surface area contributed by atoms with Crippen LogP contribution in [0.25, 0.3) is 0 Å². The van der Waals surface area contributed by atoms with E-state index >= 15 is 0 Å². The van der Waals surface area contributed by atoms with Crippen molar-refractivity contribution in [3.8, 4) is 0 Å². The van der Waals surface area contributed by atoms with Crippen molar-refractivity contribution in [1.29, 1.82) is 0 Å². The second kappa shape index (κ2) is 8.21. The van der Waals surface area contributed by atoms with Crippen LogP contribution in [0, 0.1) is 12.7 Å². The molecule has 2 heterocycles. The highest BCUT2D eigenvalue weighted by molar-refractivity contribution is 7.89. The second-order valence-electron chi connectivity index (χ2n) is 7.57. The van der Waals surface area contributed by atoms with E-state index in [0.717, 1.165) is 0 Å². The first-order chi connectivity index (χ1) is 13.6. The summed E-state index contributed by atoms with van der Waals surface area (Å²) in [5.41, 5.74) is 0.821. The zero-order valence-corrected chi connectivity index (χ0v) is 17.8. The fraction of sp³-hybridized carbons (Fsp3) is 0.474. The smallest absolute Gasteiger partial charge is 0.262 e. The molecule has 1 aliphatic heterocycles. The minimum Gasteiger partial charge on any atom is -0.339 e. The fourth-order valence-electron chi connectivity index (χ4n) is 3.79. The molecule has 0 radical (unpaired) electrons. The van der Waals surface area contributed by atoms with Crippen LogP contribution in [0.15, 0.2) is 35.7 Å². The molecule has 2 atom stereocenters. The van der Waals surface area contributed by atoms with E-state index in [-0.39, 0.29) is 35.4 Å². The van der Waals surface area contributed by atoms with Crippen LogP contribution >= 0.6 is 0 Å². The van der Waals surface area contributed by atoms with E-state index < -0.39 is 10.0 Å². The number of rotatable bonds is 5. The maximum atomic E-state index is 13.7. The van der Waals surface area contributed by atoms with Crippen LogP contribution in [0.1, 0.15) is 19.4 Å². The quantitative estimate of drug-likeness (QED) is 0.789. The Labute approximate surface area is 170 Å². The van der Waals surface area contributed by atoms with E-state index in [9.17, 15) is 17.6 Å². The zero-order chi connectivity index (χ0) is 21.3. The van der Waals surface area contributed by atoms with E-state index in [2.05, 4.69) is 10.3 Å². The first-order valence-corrected chi connectivity index (χ1v) is 10.8. The Hall–Kier alpha value is -2.30. The van der Waals surface area contributed by atoms with Gasteiger partial charge in [0, 0.05) is 49.7 Å². The third-order valence-electron chi connectivity index (χ3n) is 5.05. The average molecular weight is 424 g/mol. The lowest BCUT2D eigenvalue weighted by molar-refractivity contribution is -0.118. The van der Waals surface area contributed by atoms with Gasteiger partial charge in [-0.25, -0.2) is 17.8 Å². The molecule has 0 saturated carbocycles. The van der Waals surface area contributed by atoms with Gasteiger partial charge in [0.25, 0.3) is 10.0 Å². The number of piperazine rings is 1. The van der Waals surface area contributed by atoms with Gasteiger partial charge >= 0.3 is 0 Å². The summed E-state index contributed by atoms with van der Waals surface area (Å²) in [6, 6.07) is 3.89. The van der Waals surface area contributed by atoms with E-state index in [0.29, 0.717) is 24.3 Å². The average Bonchev–Trinajstić information content (AvgIpc) is 3.05. The van der Waals surface area contributed by atoms with Gasteiger partial charge < -0.3 is 9.88 Å². The number of nitrogens with zero attached hydrogens (tertiary/aromatic N) is 4. The summed E-state index contributed by atoms with van der Waals surface area (Å²) in [6.07, 6.45) is 2.94. The number of hydrogen-bond acceptors (Lipinski definition) is 5. The standard InChI is InChI=1S/C19H26FN5O3S/c1-13-8-24(10-18(26)22-17-7-5-6-16(20)15(17)3)9-14(2)25(13)29(27,28)19-11-23(4)12-21-19/h5-7,11-14H,8-10H2,1-4H3,(H,22,26). The molecule has 3 rings (SSSR count). The summed E-state index contributed by atoms with van der Waals surface area (Å²) in [5, 5.41) is 2.75. The predicted molar refractivity (Wildman–Crippen MR) is 107 cm³/mol. The molecule has 29 heavy (non-hydrogen) atoms. The number of anilines is 1. The predicted octanol–water partition coefficient (Wildman–Crippen LogP) is 1.59. The Morgan fingerprint density at radius 3 is 2.52 bits per heavy atom. The van der Waals surface area contributed by atoms with Crippen molar-refractivity contribution in [1.82, 2.24) is 18.8 Å². The molecule has 10 heteroatoms. The molecule has 2 aromatic rings. The minimum absolute atomic E-state index is 0.0199. The third-order valence-corrected chi connectivity index (χ3v) is 7.06. The number of carbonyl (C=O) groups is 1. The highest BCUT2D eigenvalue weighted by Crippen LogP contribution is 2.24. The summed E-state index contributed by atoms with van der Waals surface area (Å²) in [6.45, 7) is 6.16. The number of amides is 1. The molecular weight excluding hydrogens is 397 g/mol. The molecule has 0 bridgehead atoms. The molecule has 158 valence electrons. The van der Waals surface area contributed by atoms with Crippen molar-refractivity contribution in [2.24, 2.45) is 7.05 Å². The molecular formula is C19H26FN5O3S. The maximum Gasteiger partial charge on any atom is 0.262 e. The van der Waals surface area contributed by atoms with Gasteiger partial charge in [0.2, 0.25) is 5.91 Å². The Bertz CT molecular complexity index is 995. The molecule has 1 aromatic carbocycles. The summed E-state index contributed by atoms with van der Waals surface area (Å²) >= 11 is 0. The molecule has 1 aliphatic rings. The van der Waals surface area contributed by atoms with Crippen LogP contribution in [-0.2, 0) is 21.9 Å². The molecule has 0 aliphatic carbocycles. The number of hydrogen-bond donors (Lipinski definition) is 1. The number of sulfonamides is 1. The van der Waals surface area contributed by atoms with Crippen molar-refractivity contribution in [2.75, 3.05) is 25.0 Å². The van der Waals surface area contributed by atoms with E-state index in [1.54, 1.807) is 30.7 Å². The molecule has 8 nitrogen and oxygen atoms in total. The van der Waals surface area contributed by atoms with Crippen LogP contribution in [-0.4, -0.2) is 64.8 Å². The number of nitrogens with one attached hydrogen (secondary N) is 1. The molecule has 1 N–H and O–H groups in total. The Morgan fingerprint density at radius 2 is 1.93 bits per heavy atom. The lowest BCUT2D eigenvalue weighted by Gasteiger charge is -2.42. The summed E-state index contributed by atoms with van der Waals surface area (Å²) < 4.78 is 42.7. The van der Waals surface area contributed by atoms with Gasteiger partial charge in [-0.3, -0.25) is 9.69 Å². The molecule has 1 amide bonds. The topological polar surface area (TPSA) is 87.5 Å². The third kappa shape index (κ3) is 4.49. The number of benzene rings is 1. The molecule has 2 unspecified atom stereocenters. The van der Waals surface area contributed by atoms with Crippen molar-refractivity contribution >= 4 is 21.6 Å². The van der Waals surface area contributed by atoms with E-state index in [4.69, 9.17) is 0 Å². The van der Waals surface area contributed by atoms with Gasteiger partial charge in [0.15, 0.2) is 5.03 Å². The van der Waals surface area contributed by atoms with E-state index in [1.165, 1.54) is 22.9 Å². The number of imidazole rings is 1. The van der Waals surface area contributed by atoms with Crippen molar-refractivity contribution < 1.29 is 17.6 Å². The Kier molecular flexibility index (Phi) is 6.06. The van der Waals surface area contributed by atoms with Gasteiger partial charge in [-0.2, -0.15) is 4.31 Å². The Morgan fingerprint density at radius 1 is 1.28 bits per heavy atom. The lowest BCUT2D eigenvalue weighted by Crippen LogP contribution is -2.59. The monoisotopic (exact) mass is 423 g/mol. The summed E-state index contributed by atoms with van der Waals surface area (Å²) in [5.74, 6) is -0.641. The van der Waals surface area contributed by atoms with Crippen LogP contribution in [0.3, 0.4) is 0 Å². The number of aryl methyl sites for hydroxylation is 1. The van der Waals surface area contributed by atoms with Crippen molar-refractivity contribution in [3.05, 3.63) is 42.1 Å². The SMILES string of the molecule is Cc1c(F)cccc1NC(=O)CN1CC(C)N(S(=O)(=O)c2cn(C)cn2)C(C)C1. The molecule has 0 spiro atoms. The minimum atomic E-state index is -3.72. The first kappa shape index (κ1) is 21.4. The summed E-state index contributed by atoms with van der Waals surface area (Å²) in [4.78, 5) is 18.3. The highest BCUT2D eigenvalue weighted by Gasteiger charge is 2.39. The van der Waals surface area contributed by atoms with Crippen molar-refractivity contribution in [2.45, 2.75) is 37.9 Å². The molecule has 1 saturated heterocycles. The van der Waals surface area contributed by atoms with Gasteiger partial charge in [0.05, 0.1) is 12.9 Å². The number of halogens is 1. The highest BCUT2D eigenvalue weighted by atomic mass is 32.2. The number of carbonyl (C=O) groups excluding carboxylic acids is 1. The van der Waals surface area contributed by atoms with Crippen LogP contribution in [0.4, 0.5) is 10.1 Å². The zero-order valence-electron chi connectivity index (χ0n) is 17.0. The van der Waals surface area contributed by atoms with Crippen LogP contribution in [0.2, 0.25) is 0 Å². The molecule has 1 fully saturated rings. The second-order valence-corrected chi connectivity index (χ2v) is 9.36. The van der Waals surface area contributed by atoms with Gasteiger partial charge in [-0.05, 0) is 32.9 Å². The van der Waals surface area contributed by atoms with Gasteiger partial charge in [-0.15, -0.1) is 0 Å². The fourth-order valence-corrected chi connectivity index (χ4v) is 5.56. The van der Waals surface area contributed by atoms with E-state index in [1.807, 2.05) is 18.7 Å². The Balaban J connectivity index is 1.67. The maximum absolute atomic E-state index is 13.7. The lowest BCUT2D eigenvalue weighted by atomic mass is 10.1. The number of aromatic nitrogens is 2. The molecule has 1 aromatic heterocycles. The van der Waals surface area contributed by atoms with Crippen LogP contribution < -0.4 is 5.32 Å². The van der Waals surface area contributed by atoms with Gasteiger partial charge in [0.1, 0.15) is 5.82 Å². The first-order valence-electron chi connectivity index (χ1n) is 9.38. The normalized spacial score (nSPS) is 21.3. The largest absolute Gasteiger partial charge is 0.339 e. The summed E-state index contributed by atoms with van der Waals surface area (Å²) in [7, 11) is -2.00. The van der Waals surface area contributed by atoms with Crippen LogP contribution in [0.5, 0.6) is 0 Å². The van der Waals surface area contributed by atoms with Crippen molar-refractivity contribution in [3.63, 3.8) is 0 Å². The van der Waals surface area contributed by atoms with Gasteiger partial charge in [-0.1, -0.05) is 6.07 Å².